The summed E-state index contributed by atoms with van der Waals surface area (Å²) < 4.78 is 0. The molecule has 0 bridgehead atoms. The normalized spacial score (nSPS) is 20.3. The molecule has 35 heavy (non-hydrogen) atoms. The first-order valence-corrected chi connectivity index (χ1v) is 13.3. The third kappa shape index (κ3) is 5.35. The number of rotatable bonds is 7. The lowest BCUT2D eigenvalue weighted by Crippen LogP contribution is -2.47. The lowest BCUT2D eigenvalue weighted by Gasteiger charge is -2.39. The third-order valence-electron chi connectivity index (χ3n) is 7.49. The summed E-state index contributed by atoms with van der Waals surface area (Å²) in [5.41, 5.74) is 1.06. The minimum absolute atomic E-state index is 0.0842. The van der Waals surface area contributed by atoms with E-state index in [1.54, 1.807) is 27.0 Å². The first kappa shape index (κ1) is 25.6. The predicted molar refractivity (Wildman–Crippen MR) is 139 cm³/mol. The van der Waals surface area contributed by atoms with E-state index >= 15 is 0 Å². The number of amides is 2. The van der Waals surface area contributed by atoms with Crippen molar-refractivity contribution >= 4 is 29.0 Å². The summed E-state index contributed by atoms with van der Waals surface area (Å²) in [6, 6.07) is 1.65. The molecule has 2 amide bonds. The molecule has 2 atom stereocenters. The van der Waals surface area contributed by atoms with Gasteiger partial charge in [-0.25, -0.2) is 9.97 Å². The van der Waals surface area contributed by atoms with Gasteiger partial charge >= 0.3 is 0 Å². The minimum atomic E-state index is -1.08. The van der Waals surface area contributed by atoms with Crippen molar-refractivity contribution in [2.45, 2.75) is 96.9 Å². The topological polar surface area (TPSA) is 107 Å². The maximum absolute atomic E-state index is 13.5. The van der Waals surface area contributed by atoms with Gasteiger partial charge in [-0.1, -0.05) is 0 Å². The van der Waals surface area contributed by atoms with Crippen LogP contribution in [-0.4, -0.2) is 61.6 Å². The van der Waals surface area contributed by atoms with E-state index in [-0.39, 0.29) is 22.5 Å². The summed E-state index contributed by atoms with van der Waals surface area (Å²) in [6.07, 6.45) is 7.16. The van der Waals surface area contributed by atoms with E-state index < -0.39 is 17.6 Å². The molecule has 2 aromatic rings. The molecule has 0 spiro atoms. The molecule has 1 aliphatic carbocycles. The summed E-state index contributed by atoms with van der Waals surface area (Å²) in [4.78, 5) is 38.2. The molecular weight excluding hydrogens is 462 g/mol. The van der Waals surface area contributed by atoms with Crippen LogP contribution in [0, 0.1) is 6.92 Å². The number of aromatic nitrogens is 2. The van der Waals surface area contributed by atoms with E-state index in [4.69, 9.17) is 0 Å². The summed E-state index contributed by atoms with van der Waals surface area (Å²) in [7, 11) is 0. The Morgan fingerprint density at radius 3 is 2.57 bits per heavy atom. The fourth-order valence-corrected chi connectivity index (χ4v) is 5.59. The molecule has 0 radical (unpaired) electrons. The van der Waals surface area contributed by atoms with Gasteiger partial charge in [0.15, 0.2) is 5.01 Å². The second kappa shape index (κ2) is 9.50. The van der Waals surface area contributed by atoms with Gasteiger partial charge in [0.05, 0.1) is 16.5 Å². The highest BCUT2D eigenvalue weighted by Crippen LogP contribution is 2.37. The number of aliphatic hydroxyl groups is 1. The highest BCUT2D eigenvalue weighted by atomic mass is 32.1. The van der Waals surface area contributed by atoms with Crippen molar-refractivity contribution in [2.75, 3.05) is 11.9 Å². The zero-order chi connectivity index (χ0) is 25.5. The average molecular weight is 500 g/mol. The van der Waals surface area contributed by atoms with Crippen molar-refractivity contribution in [1.82, 2.24) is 20.2 Å². The SMILES string of the molecule is Cc1cc(NC2(C)CCC2)ncc1-c1sc(C(=O)N[C@H](C)C(C)(C)O)nc1C(=O)N1CCC[C@@H]1C. The van der Waals surface area contributed by atoms with E-state index in [1.807, 2.05) is 24.8 Å². The van der Waals surface area contributed by atoms with Crippen LogP contribution in [0.2, 0.25) is 0 Å². The van der Waals surface area contributed by atoms with Gasteiger partial charge in [-0.2, -0.15) is 0 Å². The largest absolute Gasteiger partial charge is 0.388 e. The number of likely N-dealkylation sites (tertiary alicyclic amines) is 1. The number of anilines is 1. The Kier molecular flexibility index (Phi) is 6.94. The van der Waals surface area contributed by atoms with Crippen LogP contribution in [-0.2, 0) is 0 Å². The summed E-state index contributed by atoms with van der Waals surface area (Å²) in [5, 5.41) is 16.8. The summed E-state index contributed by atoms with van der Waals surface area (Å²) in [6.45, 7) is 12.0. The van der Waals surface area contributed by atoms with E-state index in [9.17, 15) is 14.7 Å². The van der Waals surface area contributed by atoms with Crippen molar-refractivity contribution in [3.63, 3.8) is 0 Å². The smallest absolute Gasteiger partial charge is 0.280 e. The van der Waals surface area contributed by atoms with Crippen LogP contribution in [0.5, 0.6) is 0 Å². The molecule has 1 saturated heterocycles. The minimum Gasteiger partial charge on any atom is -0.388 e. The molecule has 3 N–H and O–H groups in total. The maximum Gasteiger partial charge on any atom is 0.280 e. The van der Waals surface area contributed by atoms with E-state index in [0.717, 1.165) is 42.6 Å². The molecule has 2 aromatic heterocycles. The molecule has 8 nitrogen and oxygen atoms in total. The van der Waals surface area contributed by atoms with Gasteiger partial charge in [0.1, 0.15) is 11.5 Å². The highest BCUT2D eigenvalue weighted by molar-refractivity contribution is 7.17. The van der Waals surface area contributed by atoms with Gasteiger partial charge in [-0.05, 0) is 85.3 Å². The maximum atomic E-state index is 13.5. The second-order valence-electron chi connectivity index (χ2n) is 11.0. The van der Waals surface area contributed by atoms with Gasteiger partial charge in [0.2, 0.25) is 0 Å². The summed E-state index contributed by atoms with van der Waals surface area (Å²) >= 11 is 1.20. The predicted octanol–water partition coefficient (Wildman–Crippen LogP) is 4.38. The molecule has 1 saturated carbocycles. The average Bonchev–Trinajstić information content (AvgIpc) is 3.38. The van der Waals surface area contributed by atoms with Crippen molar-refractivity contribution in [3.05, 3.63) is 28.5 Å². The van der Waals surface area contributed by atoms with Crippen molar-refractivity contribution in [3.8, 4) is 10.4 Å². The molecular formula is C26H37N5O3S. The standard InChI is InChI=1S/C26H37N5O3S/c1-15-13-19(30-26(6)10-8-11-26)27-14-18(15)21-20(24(33)31-12-7-9-16(31)2)29-23(35-21)22(32)28-17(3)25(4,5)34/h13-14,16-17,34H,7-12H2,1-6H3,(H,27,30)(H,28,32)/t16-,17+/m0/s1. The van der Waals surface area contributed by atoms with Gasteiger partial charge in [-0.3, -0.25) is 9.59 Å². The highest BCUT2D eigenvalue weighted by Gasteiger charge is 2.34. The Morgan fingerprint density at radius 1 is 1.31 bits per heavy atom. The van der Waals surface area contributed by atoms with Gasteiger partial charge in [0.25, 0.3) is 11.8 Å². The number of nitrogens with zero attached hydrogens (tertiary/aromatic N) is 3. The Bertz CT molecular complexity index is 1120. The van der Waals surface area contributed by atoms with Crippen LogP contribution in [0.15, 0.2) is 12.3 Å². The molecule has 190 valence electrons. The lowest BCUT2D eigenvalue weighted by atomic mass is 9.78. The molecule has 0 aromatic carbocycles. The van der Waals surface area contributed by atoms with Gasteiger partial charge in [0, 0.05) is 29.9 Å². The number of hydrogen-bond donors (Lipinski definition) is 3. The quantitative estimate of drug-likeness (QED) is 0.522. The summed E-state index contributed by atoms with van der Waals surface area (Å²) in [5.74, 6) is 0.261. The van der Waals surface area contributed by atoms with Gasteiger partial charge in [-0.15, -0.1) is 11.3 Å². The molecule has 9 heteroatoms. The van der Waals surface area contributed by atoms with Crippen LogP contribution in [0.4, 0.5) is 5.82 Å². The monoisotopic (exact) mass is 499 g/mol. The van der Waals surface area contributed by atoms with Crippen LogP contribution in [0.1, 0.15) is 92.6 Å². The zero-order valence-corrected chi connectivity index (χ0v) is 22.4. The fourth-order valence-electron chi connectivity index (χ4n) is 4.55. The van der Waals surface area contributed by atoms with Crippen LogP contribution >= 0.6 is 11.3 Å². The van der Waals surface area contributed by atoms with Gasteiger partial charge < -0.3 is 20.6 Å². The first-order chi connectivity index (χ1) is 16.4. The van der Waals surface area contributed by atoms with Crippen LogP contribution in [0.3, 0.4) is 0 Å². The molecule has 3 heterocycles. The molecule has 4 rings (SSSR count). The molecule has 0 unspecified atom stereocenters. The number of aryl methyl sites for hydroxylation is 1. The third-order valence-corrected chi connectivity index (χ3v) is 8.57. The molecule has 2 fully saturated rings. The molecule has 1 aliphatic heterocycles. The van der Waals surface area contributed by atoms with E-state index in [0.29, 0.717) is 17.1 Å². The Morgan fingerprint density at radius 2 is 2.03 bits per heavy atom. The number of nitrogens with one attached hydrogen (secondary N) is 2. The second-order valence-corrected chi connectivity index (χ2v) is 12.0. The Balaban J connectivity index is 1.69. The van der Waals surface area contributed by atoms with Crippen LogP contribution < -0.4 is 10.6 Å². The number of carbonyl (C=O) groups excluding carboxylic acids is 2. The van der Waals surface area contributed by atoms with Crippen LogP contribution in [0.25, 0.3) is 10.4 Å². The Hall–Kier alpha value is -2.52. The van der Waals surface area contributed by atoms with Crippen molar-refractivity contribution in [2.24, 2.45) is 0 Å². The van der Waals surface area contributed by atoms with Crippen molar-refractivity contribution in [1.29, 1.82) is 0 Å². The number of pyridine rings is 1. The zero-order valence-electron chi connectivity index (χ0n) is 21.6. The fraction of sp³-hybridized carbons (Fsp3) is 0.615. The van der Waals surface area contributed by atoms with Crippen molar-refractivity contribution < 1.29 is 14.7 Å². The number of thiazole rings is 1. The first-order valence-electron chi connectivity index (χ1n) is 12.5. The Labute approximate surface area is 211 Å². The van der Waals surface area contributed by atoms with E-state index in [2.05, 4.69) is 27.5 Å². The van der Waals surface area contributed by atoms with E-state index in [1.165, 1.54) is 17.8 Å². The number of hydrogen-bond acceptors (Lipinski definition) is 7. The molecule has 2 aliphatic rings. The lowest BCUT2D eigenvalue weighted by molar-refractivity contribution is 0.0408. The number of carbonyl (C=O) groups is 2.